The van der Waals surface area contributed by atoms with Crippen LogP contribution in [0, 0.1) is 0 Å². The average molecular weight is 170 g/mol. The van der Waals surface area contributed by atoms with E-state index >= 15 is 0 Å². The first-order valence-electron chi connectivity index (χ1n) is 4.08. The van der Waals surface area contributed by atoms with Crippen LogP contribution in [0.5, 0.6) is 0 Å². The van der Waals surface area contributed by atoms with Crippen LogP contribution in [0.4, 0.5) is 0 Å². The molecule has 0 spiro atoms. The summed E-state index contributed by atoms with van der Waals surface area (Å²) in [4.78, 5) is 12.9. The Labute approximate surface area is 74.4 Å². The van der Waals surface area contributed by atoms with E-state index in [-0.39, 0.29) is 18.0 Å². The Morgan fingerprint density at radius 3 is 2.33 bits per heavy atom. The molecule has 0 aliphatic heterocycles. The van der Waals surface area contributed by atoms with Gasteiger partial charge in [0.2, 0.25) is 5.91 Å². The molecular weight excluding hydrogens is 152 g/mol. The van der Waals surface area contributed by atoms with E-state index in [2.05, 4.69) is 11.9 Å². The van der Waals surface area contributed by atoms with Gasteiger partial charge in [0.15, 0.2) is 0 Å². The highest BCUT2D eigenvalue weighted by Crippen LogP contribution is 1.91. The summed E-state index contributed by atoms with van der Waals surface area (Å²) in [6.45, 7) is 7.44. The van der Waals surface area contributed by atoms with Crippen LogP contribution < -0.4 is 5.32 Å². The minimum absolute atomic E-state index is 0.0868. The number of likely N-dealkylation sites (N-methyl/N-ethyl adjacent to an activating group) is 1. The molecule has 0 rings (SSSR count). The molecule has 0 fully saturated rings. The maximum Gasteiger partial charge on any atom is 0.238 e. The first-order chi connectivity index (χ1) is 5.49. The summed E-state index contributed by atoms with van der Waals surface area (Å²) in [6, 6.07) is 0.0249. The van der Waals surface area contributed by atoms with Gasteiger partial charge in [-0.15, -0.1) is 6.58 Å². The van der Waals surface area contributed by atoms with Gasteiger partial charge in [0.05, 0.1) is 6.04 Å². The van der Waals surface area contributed by atoms with Crippen LogP contribution in [-0.4, -0.2) is 37.0 Å². The molecule has 1 N–H and O–H groups in total. The number of amides is 1. The van der Waals surface area contributed by atoms with Crippen LogP contribution >= 0.6 is 0 Å². The van der Waals surface area contributed by atoms with E-state index in [1.54, 1.807) is 25.1 Å². The van der Waals surface area contributed by atoms with Gasteiger partial charge in [-0.05, 0) is 13.8 Å². The van der Waals surface area contributed by atoms with E-state index in [4.69, 9.17) is 0 Å². The van der Waals surface area contributed by atoms with Crippen LogP contribution in [0.15, 0.2) is 12.7 Å². The number of rotatable bonds is 4. The van der Waals surface area contributed by atoms with Crippen LogP contribution in [0.3, 0.4) is 0 Å². The van der Waals surface area contributed by atoms with Crippen molar-refractivity contribution in [3.63, 3.8) is 0 Å². The molecule has 0 heterocycles. The maximum atomic E-state index is 11.3. The fourth-order valence-corrected chi connectivity index (χ4v) is 0.921. The fourth-order valence-electron chi connectivity index (χ4n) is 0.921. The Hall–Kier alpha value is -0.830. The predicted molar refractivity (Wildman–Crippen MR) is 51.0 cm³/mol. The Morgan fingerprint density at radius 1 is 1.50 bits per heavy atom. The number of nitrogens with zero attached hydrogens (tertiary/aromatic N) is 1. The van der Waals surface area contributed by atoms with Gasteiger partial charge in [0.1, 0.15) is 0 Å². The molecule has 2 unspecified atom stereocenters. The molecule has 0 aromatic rings. The molecular formula is C9H18N2O. The predicted octanol–water partition coefficient (Wildman–Crippen LogP) is 0.627. The summed E-state index contributed by atoms with van der Waals surface area (Å²) in [5.74, 6) is 0.0868. The van der Waals surface area contributed by atoms with Crippen molar-refractivity contribution in [1.82, 2.24) is 10.2 Å². The molecule has 12 heavy (non-hydrogen) atoms. The minimum atomic E-state index is -0.145. The quantitative estimate of drug-likeness (QED) is 0.628. The molecule has 1 amide bonds. The SMILES string of the molecule is C=CC(C)NC(C)C(=O)N(C)C. The third-order valence-corrected chi connectivity index (χ3v) is 1.68. The number of hydrogen-bond acceptors (Lipinski definition) is 2. The second-order valence-corrected chi connectivity index (χ2v) is 3.15. The van der Waals surface area contributed by atoms with Gasteiger partial charge in [-0.2, -0.15) is 0 Å². The zero-order chi connectivity index (χ0) is 9.72. The third-order valence-electron chi connectivity index (χ3n) is 1.68. The lowest BCUT2D eigenvalue weighted by Crippen LogP contribution is -2.44. The molecule has 0 radical (unpaired) electrons. The van der Waals surface area contributed by atoms with Gasteiger partial charge in [-0.1, -0.05) is 6.08 Å². The topological polar surface area (TPSA) is 32.3 Å². The van der Waals surface area contributed by atoms with Crippen molar-refractivity contribution in [2.24, 2.45) is 0 Å². The molecule has 0 aliphatic carbocycles. The molecule has 0 bridgehead atoms. The first kappa shape index (κ1) is 11.2. The molecule has 0 saturated carbocycles. The van der Waals surface area contributed by atoms with E-state index in [1.165, 1.54) is 0 Å². The molecule has 0 aliphatic rings. The van der Waals surface area contributed by atoms with Gasteiger partial charge >= 0.3 is 0 Å². The highest BCUT2D eigenvalue weighted by atomic mass is 16.2. The van der Waals surface area contributed by atoms with E-state index < -0.39 is 0 Å². The zero-order valence-corrected chi connectivity index (χ0v) is 8.29. The molecule has 3 heteroatoms. The standard InChI is InChI=1S/C9H18N2O/c1-6-7(2)10-8(3)9(12)11(4)5/h6-8,10H,1H2,2-5H3. The first-order valence-corrected chi connectivity index (χ1v) is 4.08. The van der Waals surface area contributed by atoms with E-state index in [9.17, 15) is 4.79 Å². The number of hydrogen-bond donors (Lipinski definition) is 1. The van der Waals surface area contributed by atoms with Crippen molar-refractivity contribution >= 4 is 5.91 Å². The van der Waals surface area contributed by atoms with Crippen LogP contribution in [-0.2, 0) is 4.79 Å². The summed E-state index contributed by atoms with van der Waals surface area (Å²) in [5.41, 5.74) is 0. The monoisotopic (exact) mass is 170 g/mol. The molecule has 70 valence electrons. The highest BCUT2D eigenvalue weighted by molar-refractivity contribution is 5.80. The van der Waals surface area contributed by atoms with E-state index in [0.29, 0.717) is 0 Å². The van der Waals surface area contributed by atoms with Gasteiger partial charge in [0, 0.05) is 20.1 Å². The van der Waals surface area contributed by atoms with Crippen molar-refractivity contribution in [1.29, 1.82) is 0 Å². The minimum Gasteiger partial charge on any atom is -0.347 e. The van der Waals surface area contributed by atoms with Crippen molar-refractivity contribution in [2.45, 2.75) is 25.9 Å². The van der Waals surface area contributed by atoms with Gasteiger partial charge in [-0.25, -0.2) is 0 Å². The fraction of sp³-hybridized carbons (Fsp3) is 0.667. The average Bonchev–Trinajstić information content (AvgIpc) is 2.02. The summed E-state index contributed by atoms with van der Waals surface area (Å²) in [5, 5.41) is 3.10. The summed E-state index contributed by atoms with van der Waals surface area (Å²) < 4.78 is 0. The van der Waals surface area contributed by atoms with Crippen LogP contribution in [0.25, 0.3) is 0 Å². The smallest absolute Gasteiger partial charge is 0.238 e. The zero-order valence-electron chi connectivity index (χ0n) is 8.29. The Balaban J connectivity index is 3.94. The van der Waals surface area contributed by atoms with Crippen LogP contribution in [0.1, 0.15) is 13.8 Å². The molecule has 2 atom stereocenters. The van der Waals surface area contributed by atoms with Gasteiger partial charge < -0.3 is 10.2 Å². The largest absolute Gasteiger partial charge is 0.347 e. The Kier molecular flexibility index (Phi) is 4.59. The molecule has 0 aromatic carbocycles. The summed E-state index contributed by atoms with van der Waals surface area (Å²) >= 11 is 0. The number of nitrogens with one attached hydrogen (secondary N) is 1. The van der Waals surface area contributed by atoms with Gasteiger partial charge in [-0.3, -0.25) is 4.79 Å². The summed E-state index contributed by atoms with van der Waals surface area (Å²) in [7, 11) is 3.50. The van der Waals surface area contributed by atoms with Crippen LogP contribution in [0.2, 0.25) is 0 Å². The Morgan fingerprint density at radius 2 is 2.00 bits per heavy atom. The van der Waals surface area contributed by atoms with Crippen molar-refractivity contribution in [2.75, 3.05) is 14.1 Å². The maximum absolute atomic E-state index is 11.3. The second-order valence-electron chi connectivity index (χ2n) is 3.15. The number of carbonyl (C=O) groups is 1. The lowest BCUT2D eigenvalue weighted by atomic mass is 10.2. The normalized spacial score (nSPS) is 15.0. The van der Waals surface area contributed by atoms with Gasteiger partial charge in [0.25, 0.3) is 0 Å². The van der Waals surface area contributed by atoms with E-state index in [0.717, 1.165) is 0 Å². The third kappa shape index (κ3) is 3.53. The molecule has 3 nitrogen and oxygen atoms in total. The highest BCUT2D eigenvalue weighted by Gasteiger charge is 2.14. The lowest BCUT2D eigenvalue weighted by molar-refractivity contribution is -0.130. The lowest BCUT2D eigenvalue weighted by Gasteiger charge is -2.20. The second kappa shape index (κ2) is 4.93. The van der Waals surface area contributed by atoms with Crippen molar-refractivity contribution in [3.05, 3.63) is 12.7 Å². The summed E-state index contributed by atoms with van der Waals surface area (Å²) in [6.07, 6.45) is 1.78. The Bertz CT molecular complexity index is 166. The van der Waals surface area contributed by atoms with Crippen molar-refractivity contribution in [3.8, 4) is 0 Å². The molecule has 0 aromatic heterocycles. The number of carbonyl (C=O) groups excluding carboxylic acids is 1. The van der Waals surface area contributed by atoms with E-state index in [1.807, 2.05) is 13.8 Å². The van der Waals surface area contributed by atoms with Crippen molar-refractivity contribution < 1.29 is 4.79 Å². The molecule has 0 saturated heterocycles.